The molecule has 6 nitrogen and oxygen atoms in total. The van der Waals surface area contributed by atoms with Crippen LogP contribution in [0, 0.1) is 6.92 Å². The normalized spacial score (nSPS) is 10.6. The minimum absolute atomic E-state index is 0.0379. The highest BCUT2D eigenvalue weighted by Gasteiger charge is 2.17. The first-order chi connectivity index (χ1) is 11.5. The number of carbonyl (C=O) groups is 1. The van der Waals surface area contributed by atoms with E-state index in [1.54, 1.807) is 24.4 Å². The van der Waals surface area contributed by atoms with Crippen molar-refractivity contribution in [3.05, 3.63) is 65.3 Å². The third kappa shape index (κ3) is 3.38. The summed E-state index contributed by atoms with van der Waals surface area (Å²) in [4.78, 5) is 12.8. The fourth-order valence-corrected chi connectivity index (χ4v) is 2.42. The molecule has 3 aromatic rings. The highest BCUT2D eigenvalue weighted by molar-refractivity contribution is 6.31. The zero-order chi connectivity index (χ0) is 17.1. The van der Waals surface area contributed by atoms with Crippen LogP contribution in [0.2, 0.25) is 5.02 Å². The van der Waals surface area contributed by atoms with E-state index < -0.39 is 6.09 Å². The number of hydrogen-bond donors (Lipinski definition) is 1. The molecule has 3 rings (SSSR count). The third-order valence-corrected chi connectivity index (χ3v) is 4.00. The number of hydrogen-bond acceptors (Lipinski definition) is 3. The quantitative estimate of drug-likeness (QED) is 0.776. The number of nitrogens with zero attached hydrogens (tertiary/aromatic N) is 4. The zero-order valence-electron chi connectivity index (χ0n) is 12.9. The molecule has 0 bridgehead atoms. The summed E-state index contributed by atoms with van der Waals surface area (Å²) in [7, 11) is 0. The summed E-state index contributed by atoms with van der Waals surface area (Å²) in [5, 5.41) is 18.2. The number of rotatable bonds is 4. The van der Waals surface area contributed by atoms with Gasteiger partial charge in [-0.3, -0.25) is 4.90 Å². The van der Waals surface area contributed by atoms with Gasteiger partial charge in [0.1, 0.15) is 12.4 Å². The molecule has 0 spiro atoms. The van der Waals surface area contributed by atoms with Crippen LogP contribution in [0.4, 0.5) is 10.5 Å². The standard InChI is InChI=1S/C17H15ClN4O2/c1-12-9-14(7-8-15(12)18)22(17(23)24)11-21-10-16(19-20-21)13-5-3-2-4-6-13/h2-10H,11H2,1H3,(H,23,24). The minimum atomic E-state index is -1.08. The van der Waals surface area contributed by atoms with E-state index in [1.165, 1.54) is 9.58 Å². The molecule has 0 radical (unpaired) electrons. The molecule has 0 aliphatic rings. The van der Waals surface area contributed by atoms with E-state index in [4.69, 9.17) is 11.6 Å². The summed E-state index contributed by atoms with van der Waals surface area (Å²) in [5.41, 5.74) is 2.95. The van der Waals surface area contributed by atoms with Gasteiger partial charge >= 0.3 is 6.09 Å². The first-order valence-corrected chi connectivity index (χ1v) is 7.64. The lowest BCUT2D eigenvalue weighted by Crippen LogP contribution is -2.31. The smallest absolute Gasteiger partial charge is 0.413 e. The monoisotopic (exact) mass is 342 g/mol. The second kappa shape index (κ2) is 6.72. The molecular formula is C17H15ClN4O2. The van der Waals surface area contributed by atoms with Crippen LogP contribution >= 0.6 is 11.6 Å². The Morgan fingerprint density at radius 3 is 2.67 bits per heavy atom. The predicted octanol–water partition coefficient (Wildman–Crippen LogP) is 4.05. The van der Waals surface area contributed by atoms with Crippen LogP contribution in [0.3, 0.4) is 0 Å². The molecule has 0 aliphatic carbocycles. The second-order valence-corrected chi connectivity index (χ2v) is 5.70. The van der Waals surface area contributed by atoms with Crippen LogP contribution in [0.15, 0.2) is 54.7 Å². The molecule has 0 unspecified atom stereocenters. The highest BCUT2D eigenvalue weighted by atomic mass is 35.5. The lowest BCUT2D eigenvalue weighted by atomic mass is 10.2. The Kier molecular flexibility index (Phi) is 4.48. The fourth-order valence-electron chi connectivity index (χ4n) is 2.30. The summed E-state index contributed by atoms with van der Waals surface area (Å²) >= 11 is 6.00. The van der Waals surface area contributed by atoms with Crippen molar-refractivity contribution in [3.8, 4) is 11.3 Å². The second-order valence-electron chi connectivity index (χ2n) is 5.29. The maximum absolute atomic E-state index is 11.6. The molecule has 1 N–H and O–H groups in total. The molecular weight excluding hydrogens is 328 g/mol. The molecule has 1 heterocycles. The summed E-state index contributed by atoms with van der Waals surface area (Å²) in [6, 6.07) is 14.7. The van der Waals surface area contributed by atoms with Gasteiger partial charge in [0.15, 0.2) is 0 Å². The molecule has 0 atom stereocenters. The van der Waals surface area contributed by atoms with E-state index in [9.17, 15) is 9.90 Å². The van der Waals surface area contributed by atoms with Gasteiger partial charge in [0.2, 0.25) is 0 Å². The van der Waals surface area contributed by atoms with E-state index >= 15 is 0 Å². The van der Waals surface area contributed by atoms with Crippen molar-refractivity contribution in [2.75, 3.05) is 4.90 Å². The maximum atomic E-state index is 11.6. The van der Waals surface area contributed by atoms with E-state index in [2.05, 4.69) is 10.3 Å². The Labute approximate surface area is 143 Å². The van der Waals surface area contributed by atoms with Crippen LogP contribution in [0.1, 0.15) is 5.56 Å². The van der Waals surface area contributed by atoms with E-state index in [-0.39, 0.29) is 6.67 Å². The number of carboxylic acid groups (broad SMARTS) is 1. The van der Waals surface area contributed by atoms with Gasteiger partial charge in [-0.2, -0.15) is 0 Å². The van der Waals surface area contributed by atoms with Crippen molar-refractivity contribution in [2.24, 2.45) is 0 Å². The summed E-state index contributed by atoms with van der Waals surface area (Å²) in [6.07, 6.45) is 0.641. The van der Waals surface area contributed by atoms with E-state index in [0.717, 1.165) is 11.1 Å². The first kappa shape index (κ1) is 16.0. The van der Waals surface area contributed by atoms with Gasteiger partial charge < -0.3 is 5.11 Å². The number of halogens is 1. The Morgan fingerprint density at radius 1 is 1.25 bits per heavy atom. The van der Waals surface area contributed by atoms with Gasteiger partial charge in [-0.1, -0.05) is 47.1 Å². The molecule has 0 saturated heterocycles. The molecule has 1 aromatic heterocycles. The van der Waals surface area contributed by atoms with Crippen molar-refractivity contribution in [2.45, 2.75) is 13.6 Å². The van der Waals surface area contributed by atoms with Crippen LogP contribution in [-0.4, -0.2) is 26.2 Å². The molecule has 24 heavy (non-hydrogen) atoms. The van der Waals surface area contributed by atoms with Crippen molar-refractivity contribution in [1.29, 1.82) is 0 Å². The van der Waals surface area contributed by atoms with Gasteiger partial charge in [0.05, 0.1) is 6.20 Å². The summed E-state index contributed by atoms with van der Waals surface area (Å²) in [6.45, 7) is 1.87. The Bertz CT molecular complexity index is 864. The number of aryl methyl sites for hydroxylation is 1. The molecule has 1 amide bonds. The maximum Gasteiger partial charge on any atom is 0.413 e. The molecule has 0 saturated carbocycles. The van der Waals surface area contributed by atoms with Crippen molar-refractivity contribution < 1.29 is 9.90 Å². The summed E-state index contributed by atoms with van der Waals surface area (Å²) < 4.78 is 1.49. The Balaban J connectivity index is 1.85. The highest BCUT2D eigenvalue weighted by Crippen LogP contribution is 2.23. The van der Waals surface area contributed by atoms with Crippen LogP contribution in [0.5, 0.6) is 0 Å². The summed E-state index contributed by atoms with van der Waals surface area (Å²) in [5.74, 6) is 0. The largest absolute Gasteiger partial charge is 0.465 e. The average Bonchev–Trinajstić information content (AvgIpc) is 3.05. The molecule has 7 heteroatoms. The van der Waals surface area contributed by atoms with Gasteiger partial charge in [-0.25, -0.2) is 9.48 Å². The molecule has 122 valence electrons. The van der Waals surface area contributed by atoms with Gasteiger partial charge in [-0.15, -0.1) is 5.10 Å². The minimum Gasteiger partial charge on any atom is -0.465 e. The van der Waals surface area contributed by atoms with Crippen LogP contribution in [0.25, 0.3) is 11.3 Å². The number of anilines is 1. The topological polar surface area (TPSA) is 71.2 Å². The Morgan fingerprint density at radius 2 is 2.00 bits per heavy atom. The lowest BCUT2D eigenvalue weighted by molar-refractivity contribution is 0.199. The number of amides is 1. The average molecular weight is 343 g/mol. The zero-order valence-corrected chi connectivity index (χ0v) is 13.7. The Hall–Kier alpha value is -2.86. The fraction of sp³-hybridized carbons (Fsp3) is 0.118. The molecule has 2 aromatic carbocycles. The van der Waals surface area contributed by atoms with Crippen molar-refractivity contribution in [3.63, 3.8) is 0 Å². The van der Waals surface area contributed by atoms with Gasteiger partial charge in [0.25, 0.3) is 0 Å². The molecule has 0 fully saturated rings. The SMILES string of the molecule is Cc1cc(N(Cn2cc(-c3ccccc3)nn2)C(=O)O)ccc1Cl. The van der Waals surface area contributed by atoms with E-state index in [1.807, 2.05) is 37.3 Å². The van der Waals surface area contributed by atoms with Crippen LogP contribution in [-0.2, 0) is 6.67 Å². The van der Waals surface area contributed by atoms with Crippen LogP contribution < -0.4 is 4.90 Å². The lowest BCUT2D eigenvalue weighted by Gasteiger charge is -2.19. The molecule has 0 aliphatic heterocycles. The number of aromatic nitrogens is 3. The van der Waals surface area contributed by atoms with E-state index in [0.29, 0.717) is 16.4 Å². The number of benzene rings is 2. The van der Waals surface area contributed by atoms with Crippen molar-refractivity contribution in [1.82, 2.24) is 15.0 Å². The third-order valence-electron chi connectivity index (χ3n) is 3.58. The van der Waals surface area contributed by atoms with Gasteiger partial charge in [0, 0.05) is 16.3 Å². The van der Waals surface area contributed by atoms with Crippen molar-refractivity contribution >= 4 is 23.4 Å². The first-order valence-electron chi connectivity index (χ1n) is 7.27. The predicted molar refractivity (Wildman–Crippen MR) is 92.2 cm³/mol. The van der Waals surface area contributed by atoms with Gasteiger partial charge in [-0.05, 0) is 30.7 Å².